The van der Waals surface area contributed by atoms with Gasteiger partial charge in [-0.2, -0.15) is 0 Å². The fourth-order valence-electron chi connectivity index (χ4n) is 1.79. The Morgan fingerprint density at radius 1 is 1.42 bits per heavy atom. The zero-order valence-corrected chi connectivity index (χ0v) is 10.6. The van der Waals surface area contributed by atoms with E-state index < -0.39 is 37.0 Å². The maximum absolute atomic E-state index is 13.7. The number of hydrogen-bond acceptors (Lipinski definition) is 5. The van der Waals surface area contributed by atoms with Crippen molar-refractivity contribution in [1.82, 2.24) is 4.72 Å². The number of rotatable bonds is 4. The molecule has 104 valence electrons. The number of non-ortho nitro benzene ring substituents is 1. The van der Waals surface area contributed by atoms with Crippen molar-refractivity contribution in [1.29, 1.82) is 0 Å². The second-order valence-electron chi connectivity index (χ2n) is 4.35. The lowest BCUT2D eigenvalue weighted by Crippen LogP contribution is -2.40. The van der Waals surface area contributed by atoms with E-state index in [1.54, 1.807) is 0 Å². The molecule has 0 unspecified atom stereocenters. The van der Waals surface area contributed by atoms with Gasteiger partial charge in [0.25, 0.3) is 5.69 Å². The van der Waals surface area contributed by atoms with Crippen molar-refractivity contribution in [3.8, 4) is 0 Å². The molecule has 2 rings (SSSR count). The van der Waals surface area contributed by atoms with Crippen molar-refractivity contribution in [2.75, 3.05) is 5.73 Å². The van der Waals surface area contributed by atoms with E-state index in [4.69, 9.17) is 5.73 Å². The van der Waals surface area contributed by atoms with Crippen LogP contribution >= 0.6 is 0 Å². The van der Waals surface area contributed by atoms with E-state index in [0.717, 1.165) is 12.5 Å². The van der Waals surface area contributed by atoms with Crippen molar-refractivity contribution in [3.63, 3.8) is 0 Å². The fraction of sp³-hybridized carbons (Fsp3) is 0.400. The maximum Gasteiger partial charge on any atom is 0.274 e. The van der Waals surface area contributed by atoms with Gasteiger partial charge in [0.2, 0.25) is 10.0 Å². The fourth-order valence-corrected chi connectivity index (χ4v) is 3.27. The molecule has 0 bridgehead atoms. The Morgan fingerprint density at radius 3 is 2.47 bits per heavy atom. The molecular formula is C10H12FN3O4S. The molecule has 19 heavy (non-hydrogen) atoms. The van der Waals surface area contributed by atoms with E-state index in [1.807, 2.05) is 0 Å². The van der Waals surface area contributed by atoms with E-state index in [-0.39, 0.29) is 6.04 Å². The first kappa shape index (κ1) is 13.7. The molecule has 7 nitrogen and oxygen atoms in total. The Balaban J connectivity index is 2.41. The highest BCUT2D eigenvalue weighted by Crippen LogP contribution is 2.29. The molecule has 0 radical (unpaired) electrons. The SMILES string of the molecule is Nc1cc([N+](=O)[O-])cc(F)c1S(=O)(=O)NC1CCC1. The van der Waals surface area contributed by atoms with Crippen molar-refractivity contribution in [2.24, 2.45) is 0 Å². The number of nitro benzene ring substituents is 1. The summed E-state index contributed by atoms with van der Waals surface area (Å²) < 4.78 is 40.0. The van der Waals surface area contributed by atoms with Crippen LogP contribution < -0.4 is 10.5 Å². The molecule has 3 N–H and O–H groups in total. The van der Waals surface area contributed by atoms with Gasteiger partial charge in [0, 0.05) is 12.1 Å². The summed E-state index contributed by atoms with van der Waals surface area (Å²) in [6.07, 6.45) is 2.28. The summed E-state index contributed by atoms with van der Waals surface area (Å²) in [6.45, 7) is 0. The number of halogens is 1. The van der Waals surface area contributed by atoms with Crippen LogP contribution in [0.4, 0.5) is 15.8 Å². The van der Waals surface area contributed by atoms with E-state index in [1.165, 1.54) is 0 Å². The number of anilines is 1. The molecule has 0 aromatic heterocycles. The highest BCUT2D eigenvalue weighted by Gasteiger charge is 2.30. The number of nitrogens with two attached hydrogens (primary N) is 1. The molecule has 0 saturated heterocycles. The second kappa shape index (κ2) is 4.74. The Bertz CT molecular complexity index is 605. The molecular weight excluding hydrogens is 277 g/mol. The Hall–Kier alpha value is -1.74. The minimum atomic E-state index is -4.10. The minimum Gasteiger partial charge on any atom is -0.397 e. The Kier molecular flexibility index (Phi) is 3.42. The van der Waals surface area contributed by atoms with E-state index >= 15 is 0 Å². The number of hydrogen-bond donors (Lipinski definition) is 2. The monoisotopic (exact) mass is 289 g/mol. The second-order valence-corrected chi connectivity index (χ2v) is 6.00. The normalized spacial score (nSPS) is 16.1. The summed E-state index contributed by atoms with van der Waals surface area (Å²) in [5, 5.41) is 10.5. The van der Waals surface area contributed by atoms with Gasteiger partial charge in [-0.05, 0) is 12.8 Å². The Morgan fingerprint density at radius 2 is 2.05 bits per heavy atom. The summed E-state index contributed by atoms with van der Waals surface area (Å²) in [5.74, 6) is -1.22. The molecule has 0 heterocycles. The minimum absolute atomic E-state index is 0.223. The number of benzene rings is 1. The van der Waals surface area contributed by atoms with Gasteiger partial charge in [0.15, 0.2) is 5.82 Å². The van der Waals surface area contributed by atoms with E-state index in [9.17, 15) is 22.9 Å². The van der Waals surface area contributed by atoms with Gasteiger partial charge < -0.3 is 5.73 Å². The molecule has 0 atom stereocenters. The first-order valence-electron chi connectivity index (χ1n) is 5.57. The van der Waals surface area contributed by atoms with Gasteiger partial charge in [-0.15, -0.1) is 0 Å². The summed E-state index contributed by atoms with van der Waals surface area (Å²) in [6, 6.07) is 1.16. The lowest BCUT2D eigenvalue weighted by Gasteiger charge is -2.26. The van der Waals surface area contributed by atoms with Crippen molar-refractivity contribution in [3.05, 3.63) is 28.1 Å². The molecule has 1 fully saturated rings. The summed E-state index contributed by atoms with van der Waals surface area (Å²) in [5.41, 5.74) is 4.36. The van der Waals surface area contributed by atoms with Crippen LogP contribution in [0, 0.1) is 15.9 Å². The summed E-state index contributed by atoms with van der Waals surface area (Å²) in [7, 11) is -4.10. The van der Waals surface area contributed by atoms with Gasteiger partial charge in [-0.25, -0.2) is 17.5 Å². The van der Waals surface area contributed by atoms with Crippen molar-refractivity contribution in [2.45, 2.75) is 30.2 Å². The molecule has 1 aliphatic carbocycles. The predicted molar refractivity (Wildman–Crippen MR) is 65.4 cm³/mol. The average Bonchev–Trinajstić information content (AvgIpc) is 2.22. The van der Waals surface area contributed by atoms with Crippen LogP contribution in [-0.2, 0) is 10.0 Å². The van der Waals surface area contributed by atoms with Crippen LogP contribution in [0.1, 0.15) is 19.3 Å². The van der Waals surface area contributed by atoms with Crippen molar-refractivity contribution >= 4 is 21.4 Å². The summed E-state index contributed by atoms with van der Waals surface area (Å²) >= 11 is 0. The van der Waals surface area contributed by atoms with Crippen LogP contribution in [-0.4, -0.2) is 19.4 Å². The van der Waals surface area contributed by atoms with Crippen LogP contribution in [0.5, 0.6) is 0 Å². The highest BCUT2D eigenvalue weighted by molar-refractivity contribution is 7.89. The van der Waals surface area contributed by atoms with Crippen LogP contribution in [0.15, 0.2) is 17.0 Å². The maximum atomic E-state index is 13.7. The third kappa shape index (κ3) is 2.66. The van der Waals surface area contributed by atoms with Crippen LogP contribution in [0.2, 0.25) is 0 Å². The summed E-state index contributed by atoms with van der Waals surface area (Å²) in [4.78, 5) is 8.95. The number of nitro groups is 1. The standard InChI is InChI=1S/C10H12FN3O4S/c11-8-4-7(14(15)16)5-9(12)10(8)19(17,18)13-6-2-1-3-6/h4-6,13H,1-3,12H2. The average molecular weight is 289 g/mol. The highest BCUT2D eigenvalue weighted by atomic mass is 32.2. The number of nitrogens with zero attached hydrogens (tertiary/aromatic N) is 1. The zero-order valence-electron chi connectivity index (χ0n) is 9.80. The number of nitrogen functional groups attached to an aromatic ring is 1. The third-order valence-corrected chi connectivity index (χ3v) is 4.58. The first-order valence-corrected chi connectivity index (χ1v) is 7.05. The van der Waals surface area contributed by atoms with Crippen LogP contribution in [0.25, 0.3) is 0 Å². The largest absolute Gasteiger partial charge is 0.397 e. The topological polar surface area (TPSA) is 115 Å². The lowest BCUT2D eigenvalue weighted by molar-refractivity contribution is -0.385. The quantitative estimate of drug-likeness (QED) is 0.490. The molecule has 1 aromatic rings. The smallest absolute Gasteiger partial charge is 0.274 e. The zero-order chi connectivity index (χ0) is 14.2. The van der Waals surface area contributed by atoms with Gasteiger partial charge in [0.1, 0.15) is 4.90 Å². The molecule has 0 aliphatic heterocycles. The van der Waals surface area contributed by atoms with Gasteiger partial charge in [-0.1, -0.05) is 6.42 Å². The van der Waals surface area contributed by atoms with Gasteiger partial charge >= 0.3 is 0 Å². The van der Waals surface area contributed by atoms with Gasteiger partial charge in [0.05, 0.1) is 16.7 Å². The predicted octanol–water partition coefficient (Wildman–Crippen LogP) is 1.15. The molecule has 1 aliphatic rings. The van der Waals surface area contributed by atoms with E-state index in [0.29, 0.717) is 18.9 Å². The molecule has 0 spiro atoms. The lowest BCUT2D eigenvalue weighted by atomic mass is 9.94. The third-order valence-electron chi connectivity index (χ3n) is 2.96. The molecule has 9 heteroatoms. The van der Waals surface area contributed by atoms with Crippen molar-refractivity contribution < 1.29 is 17.7 Å². The first-order chi connectivity index (χ1) is 8.81. The number of nitrogens with one attached hydrogen (secondary N) is 1. The van der Waals surface area contributed by atoms with Crippen LogP contribution in [0.3, 0.4) is 0 Å². The van der Waals surface area contributed by atoms with E-state index in [2.05, 4.69) is 4.72 Å². The Labute approximate surface area is 108 Å². The molecule has 0 amide bonds. The van der Waals surface area contributed by atoms with Gasteiger partial charge in [-0.3, -0.25) is 10.1 Å². The molecule has 1 saturated carbocycles. The molecule has 1 aromatic carbocycles. The number of sulfonamides is 1.